The van der Waals surface area contributed by atoms with Crippen molar-refractivity contribution in [1.82, 2.24) is 16.0 Å². The van der Waals surface area contributed by atoms with E-state index in [4.69, 9.17) is 4.74 Å². The SMILES string of the molecule is C=CCOC(=O)C[C@H](O)[C@@H](Cc1ccccc1)NC(=O)[C@@H](CSC(c1ccccc1)(c1ccccc1)c1ccccc1)NC(=O)[C@@H](Cc1ccccc1)NC(=O)C[C@H](O)/C=C/CCSC(c1ccccc1)(c1ccccc1)c1ccccc1. The van der Waals surface area contributed by atoms with Crippen LogP contribution < -0.4 is 16.0 Å². The summed E-state index contributed by atoms with van der Waals surface area (Å²) in [5, 5.41) is 32.1. The van der Waals surface area contributed by atoms with E-state index < -0.39 is 69.9 Å². The Morgan fingerprint density at radius 2 is 0.867 bits per heavy atom. The number of aliphatic hydroxyl groups excluding tert-OH is 2. The Bertz CT molecular complexity index is 3100. The van der Waals surface area contributed by atoms with Gasteiger partial charge in [0.05, 0.1) is 40.6 Å². The summed E-state index contributed by atoms with van der Waals surface area (Å²) in [4.78, 5) is 57.3. The molecule has 0 aromatic heterocycles. The number of hydrogen-bond acceptors (Lipinski definition) is 9. The van der Waals surface area contributed by atoms with E-state index in [1.54, 1.807) is 17.8 Å². The molecule has 0 aliphatic carbocycles. The number of rotatable bonds is 30. The monoisotopic (exact) mass is 1140 g/mol. The van der Waals surface area contributed by atoms with E-state index in [2.05, 4.69) is 95.3 Å². The Hall–Kier alpha value is -8.26. The predicted molar refractivity (Wildman–Crippen MR) is 336 cm³/mol. The summed E-state index contributed by atoms with van der Waals surface area (Å²) in [6, 6.07) is 76.3. The molecule has 0 unspecified atom stereocenters. The van der Waals surface area contributed by atoms with Crippen molar-refractivity contribution < 1.29 is 34.1 Å². The number of allylic oxidation sites excluding steroid dienone is 1. The molecule has 5 N–H and O–H groups in total. The van der Waals surface area contributed by atoms with Crippen LogP contribution in [0.25, 0.3) is 0 Å². The molecule has 0 aliphatic heterocycles. The Morgan fingerprint density at radius 1 is 0.482 bits per heavy atom. The number of amides is 3. The number of esters is 1. The Balaban J connectivity index is 1.05. The number of carbonyl (C=O) groups is 4. The molecule has 8 aromatic carbocycles. The van der Waals surface area contributed by atoms with E-state index in [9.17, 15) is 19.8 Å². The smallest absolute Gasteiger partial charge is 0.308 e. The maximum Gasteiger partial charge on any atom is 0.308 e. The maximum absolute atomic E-state index is 15.2. The molecule has 10 nitrogen and oxygen atoms in total. The van der Waals surface area contributed by atoms with Crippen LogP contribution in [0.4, 0.5) is 0 Å². The molecule has 12 heteroatoms. The fourth-order valence-corrected chi connectivity index (χ4v) is 13.3. The first-order chi connectivity index (χ1) is 40.6. The predicted octanol–water partition coefficient (Wildman–Crippen LogP) is 11.6. The highest BCUT2D eigenvalue weighted by atomic mass is 32.2. The topological polar surface area (TPSA) is 154 Å². The second kappa shape index (κ2) is 31.2. The molecule has 5 atom stereocenters. The lowest BCUT2D eigenvalue weighted by Gasteiger charge is -2.37. The lowest BCUT2D eigenvalue weighted by Crippen LogP contribution is -2.58. The van der Waals surface area contributed by atoms with E-state index in [1.165, 1.54) is 17.8 Å². The summed E-state index contributed by atoms with van der Waals surface area (Å²) in [6.07, 6.45) is 2.47. The summed E-state index contributed by atoms with van der Waals surface area (Å²) < 4.78 is 3.82. The van der Waals surface area contributed by atoms with Crippen LogP contribution in [-0.4, -0.2) is 82.3 Å². The molecule has 0 aliphatic rings. The first-order valence-electron chi connectivity index (χ1n) is 28.0. The van der Waals surface area contributed by atoms with E-state index in [-0.39, 0.29) is 31.6 Å². The zero-order valence-electron chi connectivity index (χ0n) is 46.3. The van der Waals surface area contributed by atoms with Crippen molar-refractivity contribution in [2.45, 2.75) is 71.9 Å². The number of nitrogens with one attached hydrogen (secondary N) is 3. The molecule has 3 amide bonds. The van der Waals surface area contributed by atoms with Crippen LogP contribution in [0, 0.1) is 0 Å². The van der Waals surface area contributed by atoms with E-state index in [1.807, 2.05) is 176 Å². The lowest BCUT2D eigenvalue weighted by molar-refractivity contribution is -0.145. The Labute approximate surface area is 496 Å². The highest BCUT2D eigenvalue weighted by Crippen LogP contribution is 2.50. The van der Waals surface area contributed by atoms with Gasteiger partial charge in [-0.1, -0.05) is 267 Å². The Kier molecular flexibility index (Phi) is 22.9. The molecular weight excluding hydrogens is 1070 g/mol. The quantitative estimate of drug-likeness (QED) is 0.0128. The van der Waals surface area contributed by atoms with Gasteiger partial charge in [-0.3, -0.25) is 19.2 Å². The largest absolute Gasteiger partial charge is 0.461 e. The van der Waals surface area contributed by atoms with Crippen LogP contribution >= 0.6 is 23.5 Å². The van der Waals surface area contributed by atoms with Crippen LogP contribution in [0.2, 0.25) is 0 Å². The van der Waals surface area contributed by atoms with Crippen molar-refractivity contribution in [2.24, 2.45) is 0 Å². The number of thioether (sulfide) groups is 2. The summed E-state index contributed by atoms with van der Waals surface area (Å²) in [7, 11) is 0. The molecule has 0 heterocycles. The van der Waals surface area contributed by atoms with E-state index in [0.29, 0.717) is 12.2 Å². The van der Waals surface area contributed by atoms with Crippen LogP contribution in [-0.2, 0) is 46.3 Å². The van der Waals surface area contributed by atoms with Crippen molar-refractivity contribution in [3.63, 3.8) is 0 Å². The standard InChI is InChI=1S/C71H71N3O7S2/c1-2-46-81-67(78)51-65(76)62(48-53-29-11-3-12-30-53)73-69(80)64(52-83-71(58-39-21-8-22-40-58,59-41-23-9-24-42-59)60-43-25-10-26-44-60)74-68(79)63(49-54-31-13-4-14-32-54)72-66(77)50-61(75)45-27-28-47-82-70(55-33-15-5-16-34-55,56-35-17-6-18-36-56)57-37-19-7-20-38-57/h2-27,29-45,61-65,75-76H,1,28,46-52H2,(H,72,77)(H,73,80)(H,74,79)/b45-27+/t61-,62-,63-,64-,65+/m1/s1. The number of aliphatic hydroxyl groups is 2. The van der Waals surface area contributed by atoms with Gasteiger partial charge in [-0.05, 0) is 63.1 Å². The minimum atomic E-state index is -1.38. The van der Waals surface area contributed by atoms with E-state index >= 15 is 9.59 Å². The van der Waals surface area contributed by atoms with Crippen LogP contribution in [0.5, 0.6) is 0 Å². The molecule has 0 spiro atoms. The molecule has 0 saturated carbocycles. The highest BCUT2D eigenvalue weighted by molar-refractivity contribution is 8.00. The second-order valence-electron chi connectivity index (χ2n) is 20.1. The van der Waals surface area contributed by atoms with Crippen molar-refractivity contribution in [1.29, 1.82) is 0 Å². The molecular formula is C71H71N3O7S2. The number of ether oxygens (including phenoxy) is 1. The number of carbonyl (C=O) groups excluding carboxylic acids is 4. The number of benzene rings is 8. The summed E-state index contributed by atoms with van der Waals surface area (Å²) >= 11 is 3.26. The molecule has 0 radical (unpaired) electrons. The molecule has 8 aromatic rings. The summed E-state index contributed by atoms with van der Waals surface area (Å²) in [6.45, 7) is 3.57. The van der Waals surface area contributed by atoms with Crippen molar-refractivity contribution in [3.05, 3.63) is 312 Å². The summed E-state index contributed by atoms with van der Waals surface area (Å²) in [5.74, 6) is -1.80. The van der Waals surface area contributed by atoms with Gasteiger partial charge in [-0.15, -0.1) is 23.5 Å². The van der Waals surface area contributed by atoms with Gasteiger partial charge in [0, 0.05) is 12.2 Å². The molecule has 0 saturated heterocycles. The van der Waals surface area contributed by atoms with Crippen LogP contribution in [0.1, 0.15) is 63.8 Å². The minimum Gasteiger partial charge on any atom is -0.461 e. The zero-order chi connectivity index (χ0) is 58.1. The molecule has 0 bridgehead atoms. The third-order valence-electron chi connectivity index (χ3n) is 14.3. The minimum absolute atomic E-state index is 0.00273. The lowest BCUT2D eigenvalue weighted by atomic mass is 9.84. The third kappa shape index (κ3) is 16.7. The first kappa shape index (κ1) is 60.8. The zero-order valence-corrected chi connectivity index (χ0v) is 48.0. The van der Waals surface area contributed by atoms with E-state index in [0.717, 1.165) is 44.5 Å². The fraction of sp³-hybridized carbons (Fsp3) is 0.211. The van der Waals surface area contributed by atoms with Crippen molar-refractivity contribution >= 4 is 47.2 Å². The van der Waals surface area contributed by atoms with Gasteiger partial charge in [-0.2, -0.15) is 0 Å². The average molecular weight is 1140 g/mol. The molecule has 0 fully saturated rings. The van der Waals surface area contributed by atoms with Gasteiger partial charge in [0.25, 0.3) is 0 Å². The van der Waals surface area contributed by atoms with Gasteiger partial charge in [0.1, 0.15) is 18.7 Å². The summed E-state index contributed by atoms with van der Waals surface area (Å²) in [5.41, 5.74) is 7.78. The highest BCUT2D eigenvalue weighted by Gasteiger charge is 2.40. The van der Waals surface area contributed by atoms with Gasteiger partial charge < -0.3 is 30.9 Å². The third-order valence-corrected chi connectivity index (χ3v) is 17.5. The maximum atomic E-state index is 15.2. The molecule has 424 valence electrons. The van der Waals surface area contributed by atoms with Crippen LogP contribution in [0.15, 0.2) is 267 Å². The number of hydrogen-bond donors (Lipinski definition) is 5. The fourth-order valence-electron chi connectivity index (χ4n) is 10.3. The van der Waals surface area contributed by atoms with Gasteiger partial charge in [0.15, 0.2) is 0 Å². The molecule has 83 heavy (non-hydrogen) atoms. The Morgan fingerprint density at radius 3 is 1.29 bits per heavy atom. The van der Waals surface area contributed by atoms with Gasteiger partial charge in [0.2, 0.25) is 17.7 Å². The normalized spacial score (nSPS) is 13.4. The average Bonchev–Trinajstić information content (AvgIpc) is 3.20. The molecule has 8 rings (SSSR count). The van der Waals surface area contributed by atoms with Crippen LogP contribution in [0.3, 0.4) is 0 Å². The van der Waals surface area contributed by atoms with Gasteiger partial charge in [-0.25, -0.2) is 0 Å². The van der Waals surface area contributed by atoms with Gasteiger partial charge >= 0.3 is 5.97 Å². The first-order valence-corrected chi connectivity index (χ1v) is 29.9. The van der Waals surface area contributed by atoms with Crippen molar-refractivity contribution in [3.8, 4) is 0 Å². The second-order valence-corrected chi connectivity index (χ2v) is 22.7. The van der Waals surface area contributed by atoms with Crippen molar-refractivity contribution in [2.75, 3.05) is 18.1 Å².